The van der Waals surface area contributed by atoms with Gasteiger partial charge in [-0.15, -0.1) is 0 Å². The molecule has 35 heavy (non-hydrogen) atoms. The summed E-state index contributed by atoms with van der Waals surface area (Å²) in [6.07, 6.45) is 0. The van der Waals surface area contributed by atoms with E-state index in [1.807, 2.05) is 73.7 Å². The fourth-order valence-corrected chi connectivity index (χ4v) is 3.24. The maximum atomic E-state index is 12.8. The van der Waals surface area contributed by atoms with Gasteiger partial charge in [0.05, 0.1) is 24.7 Å². The van der Waals surface area contributed by atoms with Crippen LogP contribution in [-0.2, 0) is 9.20 Å². The molecule has 1 heterocycles. The summed E-state index contributed by atoms with van der Waals surface area (Å²) in [5, 5.41) is 3.83. The Morgan fingerprint density at radius 1 is 0.943 bits per heavy atom. The molecule has 4 aromatic rings. The fraction of sp³-hybridized carbons (Fsp3) is 0.120. The molecule has 0 aliphatic heterocycles. The molecule has 1 amide bonds. The first-order chi connectivity index (χ1) is 16.7. The average molecular weight is 598 g/mol. The van der Waals surface area contributed by atoms with E-state index in [4.69, 9.17) is 54.3 Å². The molecule has 10 heteroatoms. The Hall–Kier alpha value is -2.18. The van der Waals surface area contributed by atoms with Crippen LogP contribution in [0, 0.1) is 0 Å². The Kier molecular flexibility index (Phi) is 9.93. The third-order valence-corrected chi connectivity index (χ3v) is 4.69. The Bertz CT molecular complexity index is 1280. The van der Waals surface area contributed by atoms with E-state index in [-0.39, 0.29) is 5.91 Å². The van der Waals surface area contributed by atoms with Gasteiger partial charge in [0.15, 0.2) is 0 Å². The van der Waals surface area contributed by atoms with Crippen molar-refractivity contribution in [3.63, 3.8) is 0 Å². The van der Waals surface area contributed by atoms with Gasteiger partial charge in [-0.05, 0) is 61.5 Å². The van der Waals surface area contributed by atoms with E-state index < -0.39 is 9.20 Å². The molecule has 0 aliphatic rings. The summed E-state index contributed by atoms with van der Waals surface area (Å²) in [6, 6.07) is 24.2. The molecule has 0 saturated carbocycles. The SMILES string of the molecule is CCOc1cccc2cc(NC(=O)c3ccccc3)c(-c3ccc(OC)cc3)[o+]c12.[Cl][Fe-]([Cl])([Cl])[Cl]. The third kappa shape index (κ3) is 8.18. The van der Waals surface area contributed by atoms with Crippen molar-refractivity contribution in [2.45, 2.75) is 6.92 Å². The second-order valence-corrected chi connectivity index (χ2v) is 17.9. The molecule has 1 aromatic heterocycles. The molecule has 0 saturated heterocycles. The molecule has 0 bridgehead atoms. The molecule has 1 N–H and O–H groups in total. The number of para-hydroxylation sites is 1. The molecule has 187 valence electrons. The van der Waals surface area contributed by atoms with Gasteiger partial charge in [0.1, 0.15) is 11.4 Å². The van der Waals surface area contributed by atoms with E-state index in [9.17, 15) is 4.79 Å². The monoisotopic (exact) mass is 596 g/mol. The summed E-state index contributed by atoms with van der Waals surface area (Å²) in [4.78, 5) is 12.8. The molecule has 5 nitrogen and oxygen atoms in total. The minimum atomic E-state index is -2.61. The second-order valence-electron chi connectivity index (χ2n) is 6.95. The topological polar surface area (TPSA) is 58.9 Å². The molecular weight excluding hydrogens is 576 g/mol. The molecule has 0 radical (unpaired) electrons. The predicted octanol–water partition coefficient (Wildman–Crippen LogP) is 8.80. The summed E-state index contributed by atoms with van der Waals surface area (Å²) < 4.78 is 17.3. The molecule has 0 atom stereocenters. The molecule has 0 aliphatic carbocycles. The molecule has 0 unspecified atom stereocenters. The van der Waals surface area contributed by atoms with Crippen molar-refractivity contribution in [3.05, 3.63) is 84.4 Å². The molecule has 4 rings (SSSR count). The van der Waals surface area contributed by atoms with Gasteiger partial charge in [-0.2, -0.15) is 0 Å². The van der Waals surface area contributed by atoms with E-state index in [0.717, 1.165) is 16.7 Å². The van der Waals surface area contributed by atoms with Crippen molar-refractivity contribution in [1.29, 1.82) is 0 Å². The predicted molar refractivity (Wildman–Crippen MR) is 142 cm³/mol. The minimum absolute atomic E-state index is 0.208. The number of fused-ring (bicyclic) bond motifs is 1. The van der Waals surface area contributed by atoms with Gasteiger partial charge in [0.2, 0.25) is 5.75 Å². The van der Waals surface area contributed by atoms with Crippen LogP contribution in [0.4, 0.5) is 5.69 Å². The summed E-state index contributed by atoms with van der Waals surface area (Å²) in [7, 11) is 18.8. The van der Waals surface area contributed by atoms with E-state index in [1.165, 1.54) is 0 Å². The Morgan fingerprint density at radius 2 is 1.60 bits per heavy atom. The summed E-state index contributed by atoms with van der Waals surface area (Å²) >= 11 is 0. The van der Waals surface area contributed by atoms with Gasteiger partial charge in [-0.3, -0.25) is 4.79 Å². The van der Waals surface area contributed by atoms with E-state index >= 15 is 0 Å². The number of ether oxygens (including phenoxy) is 2. The normalized spacial score (nSPS) is 11.3. The van der Waals surface area contributed by atoms with Gasteiger partial charge in [-0.25, -0.2) is 4.42 Å². The number of nitrogens with one attached hydrogen (secondary N) is 1. The zero-order valence-corrected chi connectivity index (χ0v) is 22.8. The van der Waals surface area contributed by atoms with Crippen LogP contribution in [0.3, 0.4) is 0 Å². The number of amides is 1. The van der Waals surface area contributed by atoms with Gasteiger partial charge in [0.25, 0.3) is 5.91 Å². The number of anilines is 1. The van der Waals surface area contributed by atoms with Crippen LogP contribution in [-0.4, -0.2) is 19.6 Å². The zero-order valence-electron chi connectivity index (χ0n) is 18.7. The standard InChI is InChI=1S/C25H21NO4.4ClH.Fe/c1-3-29-22-11-7-10-19-16-21(26-25(27)18-8-5-4-6-9-18)23(30-24(19)22)17-12-14-20(28-2)15-13-17;;;;;/h4-16H,3H2,1-2H3;4*1H;/q;;;;;+3/p-3. The number of hydrogen-bond acceptors (Lipinski definition) is 3. The van der Waals surface area contributed by atoms with Gasteiger partial charge >= 0.3 is 60.9 Å². The number of hydrogen-bond donors (Lipinski definition) is 1. The van der Waals surface area contributed by atoms with Crippen LogP contribution in [0.2, 0.25) is 0 Å². The molecular formula is C25H22Cl4FeNO4. The average Bonchev–Trinajstić information content (AvgIpc) is 2.83. The fourth-order valence-electron chi connectivity index (χ4n) is 3.24. The van der Waals surface area contributed by atoms with Crippen LogP contribution in [0.15, 0.2) is 83.3 Å². The van der Waals surface area contributed by atoms with Crippen molar-refractivity contribution < 1.29 is 27.9 Å². The number of halogens is 4. The number of rotatable bonds is 6. The third-order valence-electron chi connectivity index (χ3n) is 4.69. The van der Waals surface area contributed by atoms with Crippen LogP contribution < -0.4 is 14.8 Å². The number of methoxy groups -OCH3 is 1. The van der Waals surface area contributed by atoms with Crippen LogP contribution in [0.1, 0.15) is 17.3 Å². The summed E-state index contributed by atoms with van der Waals surface area (Å²) in [5.41, 5.74) is 2.59. The van der Waals surface area contributed by atoms with Crippen molar-refractivity contribution in [2.75, 3.05) is 19.0 Å². The van der Waals surface area contributed by atoms with Gasteiger partial charge in [-0.1, -0.05) is 24.3 Å². The summed E-state index contributed by atoms with van der Waals surface area (Å²) in [5.74, 6) is 1.73. The van der Waals surface area contributed by atoms with Crippen molar-refractivity contribution >= 4 is 63.0 Å². The van der Waals surface area contributed by atoms with E-state index in [0.29, 0.717) is 35.0 Å². The second kappa shape index (κ2) is 12.7. The van der Waals surface area contributed by atoms with Crippen molar-refractivity contribution in [1.82, 2.24) is 0 Å². The Labute approximate surface area is 223 Å². The van der Waals surface area contributed by atoms with Crippen LogP contribution >= 0.6 is 40.4 Å². The molecule has 3 aromatic carbocycles. The zero-order chi connectivity index (χ0) is 25.4. The van der Waals surface area contributed by atoms with Gasteiger partial charge in [0, 0.05) is 5.56 Å². The summed E-state index contributed by atoms with van der Waals surface area (Å²) in [6.45, 7) is 2.46. The number of carbonyl (C=O) groups is 1. The van der Waals surface area contributed by atoms with Crippen molar-refractivity contribution in [3.8, 4) is 22.8 Å². The first-order valence-electron chi connectivity index (χ1n) is 10.3. The van der Waals surface area contributed by atoms with Crippen LogP contribution in [0.25, 0.3) is 22.3 Å². The number of benzene rings is 3. The van der Waals surface area contributed by atoms with Gasteiger partial charge < -0.3 is 14.8 Å². The first-order valence-corrected chi connectivity index (χ1v) is 16.3. The maximum absolute atomic E-state index is 12.8. The molecule has 0 fully saturated rings. The van der Waals surface area contributed by atoms with E-state index in [1.54, 1.807) is 19.2 Å². The molecule has 0 spiro atoms. The van der Waals surface area contributed by atoms with Crippen LogP contribution in [0.5, 0.6) is 11.5 Å². The quantitative estimate of drug-likeness (QED) is 0.178. The number of carbonyl (C=O) groups excluding carboxylic acids is 1. The Balaban J connectivity index is 0.000000623. The van der Waals surface area contributed by atoms with E-state index in [2.05, 4.69) is 5.32 Å². The first kappa shape index (κ1) is 27.4. The Morgan fingerprint density at radius 3 is 2.20 bits per heavy atom. The van der Waals surface area contributed by atoms with Crippen molar-refractivity contribution in [2.24, 2.45) is 0 Å².